The smallest absolute Gasteiger partial charge is 0.316 e. The third-order valence-corrected chi connectivity index (χ3v) is 3.24. The van der Waals surface area contributed by atoms with Crippen molar-refractivity contribution < 1.29 is 14.7 Å². The van der Waals surface area contributed by atoms with Gasteiger partial charge in [-0.05, 0) is 17.7 Å². The number of benzene rings is 1. The van der Waals surface area contributed by atoms with Crippen molar-refractivity contribution in [3.63, 3.8) is 0 Å². The Morgan fingerprint density at radius 3 is 2.74 bits per heavy atom. The highest BCUT2D eigenvalue weighted by molar-refractivity contribution is 6.40. The van der Waals surface area contributed by atoms with Crippen molar-refractivity contribution in [2.24, 2.45) is 5.73 Å². The van der Waals surface area contributed by atoms with E-state index in [-0.39, 0.29) is 6.61 Å². The molecule has 1 saturated heterocycles. The van der Waals surface area contributed by atoms with Crippen molar-refractivity contribution in [1.29, 1.82) is 0 Å². The van der Waals surface area contributed by atoms with E-state index in [0.29, 0.717) is 18.8 Å². The second kappa shape index (κ2) is 5.38. The zero-order valence-electron chi connectivity index (χ0n) is 10.7. The predicted octanol–water partition coefficient (Wildman–Crippen LogP) is -0.516. The number of nitrogens with zero attached hydrogens (tertiary/aromatic N) is 2. The monoisotopic (exact) mass is 263 g/mol. The van der Waals surface area contributed by atoms with Crippen molar-refractivity contribution >= 4 is 17.5 Å². The Morgan fingerprint density at radius 2 is 2.05 bits per heavy atom. The number of aliphatic hydroxyl groups is 1. The van der Waals surface area contributed by atoms with E-state index in [2.05, 4.69) is 0 Å². The van der Waals surface area contributed by atoms with Gasteiger partial charge >= 0.3 is 11.8 Å². The Labute approximate surface area is 111 Å². The van der Waals surface area contributed by atoms with E-state index in [1.807, 2.05) is 0 Å². The molecular formula is C13H17N3O3. The summed E-state index contributed by atoms with van der Waals surface area (Å²) in [7, 11) is 1.61. The van der Waals surface area contributed by atoms with E-state index in [0.717, 1.165) is 5.56 Å². The van der Waals surface area contributed by atoms with Gasteiger partial charge in [-0.1, -0.05) is 12.1 Å². The molecule has 0 bridgehead atoms. The molecule has 0 aliphatic carbocycles. The van der Waals surface area contributed by atoms with Crippen molar-refractivity contribution in [1.82, 2.24) is 4.90 Å². The maximum atomic E-state index is 11.9. The molecule has 0 radical (unpaired) electrons. The number of hydrogen-bond acceptors (Lipinski definition) is 4. The molecular weight excluding hydrogens is 246 g/mol. The number of piperazine rings is 1. The summed E-state index contributed by atoms with van der Waals surface area (Å²) >= 11 is 0. The molecule has 2 amide bonds. The highest BCUT2D eigenvalue weighted by Crippen LogP contribution is 2.21. The van der Waals surface area contributed by atoms with Crippen molar-refractivity contribution in [3.05, 3.63) is 29.8 Å². The summed E-state index contributed by atoms with van der Waals surface area (Å²) in [5, 5.41) is 9.05. The minimum absolute atomic E-state index is 0.168. The van der Waals surface area contributed by atoms with Gasteiger partial charge in [0.25, 0.3) is 0 Å². The molecule has 1 aromatic carbocycles. The lowest BCUT2D eigenvalue weighted by Gasteiger charge is -2.31. The number of aliphatic hydroxyl groups excluding tert-OH is 1. The minimum Gasteiger partial charge on any atom is -0.394 e. The van der Waals surface area contributed by atoms with Gasteiger partial charge in [0.2, 0.25) is 0 Å². The molecule has 6 heteroatoms. The molecule has 1 aliphatic heterocycles. The second-order valence-electron chi connectivity index (χ2n) is 4.57. The summed E-state index contributed by atoms with van der Waals surface area (Å²) in [6.07, 6.45) is 0. The van der Waals surface area contributed by atoms with Gasteiger partial charge in [-0.15, -0.1) is 0 Å². The van der Waals surface area contributed by atoms with Crippen LogP contribution in [0, 0.1) is 0 Å². The summed E-state index contributed by atoms with van der Waals surface area (Å²) in [5.74, 6) is -1.05. The third-order valence-electron chi connectivity index (χ3n) is 3.24. The maximum absolute atomic E-state index is 11.9. The lowest BCUT2D eigenvalue weighted by molar-refractivity contribution is -0.145. The molecule has 1 fully saturated rings. The molecule has 1 aromatic rings. The Morgan fingerprint density at radius 1 is 1.32 bits per heavy atom. The molecule has 0 spiro atoms. The average molecular weight is 263 g/mol. The molecule has 6 nitrogen and oxygen atoms in total. The van der Waals surface area contributed by atoms with Crippen LogP contribution >= 0.6 is 0 Å². The van der Waals surface area contributed by atoms with Crippen molar-refractivity contribution in [2.45, 2.75) is 6.04 Å². The van der Waals surface area contributed by atoms with Gasteiger partial charge in [-0.3, -0.25) is 9.59 Å². The van der Waals surface area contributed by atoms with Crippen LogP contribution in [0.3, 0.4) is 0 Å². The first-order valence-corrected chi connectivity index (χ1v) is 6.08. The molecule has 1 heterocycles. The number of amides is 2. The van der Waals surface area contributed by atoms with E-state index < -0.39 is 17.9 Å². The summed E-state index contributed by atoms with van der Waals surface area (Å²) in [6.45, 7) is 0.790. The number of carbonyl (C=O) groups is 2. The summed E-state index contributed by atoms with van der Waals surface area (Å²) in [5.41, 5.74) is 7.12. The molecule has 2 rings (SSSR count). The van der Waals surface area contributed by atoms with Crippen molar-refractivity contribution in [3.8, 4) is 0 Å². The van der Waals surface area contributed by atoms with Gasteiger partial charge in [-0.2, -0.15) is 0 Å². The first-order chi connectivity index (χ1) is 9.04. The van der Waals surface area contributed by atoms with Gasteiger partial charge in [0.15, 0.2) is 0 Å². The van der Waals surface area contributed by atoms with Crippen LogP contribution < -0.4 is 10.6 Å². The molecule has 19 heavy (non-hydrogen) atoms. The lowest BCUT2D eigenvalue weighted by Crippen LogP contribution is -2.53. The SMILES string of the molecule is CN1CCN(c2cccc(C(N)CO)c2)C(=O)C1=O. The summed E-state index contributed by atoms with van der Waals surface area (Å²) in [6, 6.07) is 6.54. The summed E-state index contributed by atoms with van der Waals surface area (Å²) < 4.78 is 0. The van der Waals surface area contributed by atoms with Gasteiger partial charge in [0.1, 0.15) is 0 Å². The van der Waals surface area contributed by atoms with E-state index in [1.54, 1.807) is 31.3 Å². The minimum atomic E-state index is -0.538. The average Bonchev–Trinajstić information content (AvgIpc) is 2.44. The first kappa shape index (κ1) is 13.5. The van der Waals surface area contributed by atoms with Gasteiger partial charge in [0.05, 0.1) is 12.6 Å². The standard InChI is InChI=1S/C13H17N3O3/c1-15-5-6-16(13(19)12(15)18)10-4-2-3-9(7-10)11(14)8-17/h2-4,7,11,17H,5-6,8,14H2,1H3. The Kier molecular flexibility index (Phi) is 3.82. The van der Waals surface area contributed by atoms with Crippen LogP contribution in [0.2, 0.25) is 0 Å². The number of likely N-dealkylation sites (N-methyl/N-ethyl adjacent to an activating group) is 1. The highest BCUT2D eigenvalue weighted by atomic mass is 16.3. The van der Waals surface area contributed by atoms with Gasteiger partial charge in [-0.25, -0.2) is 0 Å². The summed E-state index contributed by atoms with van der Waals surface area (Å²) in [4.78, 5) is 26.4. The Hall–Kier alpha value is -1.92. The number of rotatable bonds is 3. The fraction of sp³-hybridized carbons (Fsp3) is 0.385. The van der Waals surface area contributed by atoms with Crippen LogP contribution in [0.15, 0.2) is 24.3 Å². The quantitative estimate of drug-likeness (QED) is 0.719. The van der Waals surface area contributed by atoms with Gasteiger partial charge < -0.3 is 20.6 Å². The Bertz CT molecular complexity index is 504. The van der Waals surface area contributed by atoms with Crippen LogP contribution in [0.1, 0.15) is 11.6 Å². The normalized spacial score (nSPS) is 17.8. The van der Waals surface area contributed by atoms with Crippen LogP contribution in [0.4, 0.5) is 5.69 Å². The predicted molar refractivity (Wildman–Crippen MR) is 70.4 cm³/mol. The number of nitrogens with two attached hydrogens (primary N) is 1. The third kappa shape index (κ3) is 2.59. The van der Waals surface area contributed by atoms with E-state index in [1.165, 1.54) is 9.80 Å². The first-order valence-electron chi connectivity index (χ1n) is 6.08. The van der Waals surface area contributed by atoms with Crippen LogP contribution in [-0.2, 0) is 9.59 Å². The topological polar surface area (TPSA) is 86.9 Å². The molecule has 3 N–H and O–H groups in total. The molecule has 0 saturated carbocycles. The van der Waals surface area contributed by atoms with E-state index in [9.17, 15) is 9.59 Å². The molecule has 102 valence electrons. The molecule has 0 aromatic heterocycles. The van der Waals surface area contributed by atoms with E-state index >= 15 is 0 Å². The number of carbonyl (C=O) groups excluding carboxylic acids is 2. The largest absolute Gasteiger partial charge is 0.394 e. The van der Waals surface area contributed by atoms with Gasteiger partial charge in [0, 0.05) is 25.8 Å². The lowest BCUT2D eigenvalue weighted by atomic mass is 10.1. The molecule has 1 atom stereocenters. The zero-order chi connectivity index (χ0) is 14.0. The number of hydrogen-bond donors (Lipinski definition) is 2. The fourth-order valence-corrected chi connectivity index (χ4v) is 2.01. The molecule has 1 aliphatic rings. The van der Waals surface area contributed by atoms with Crippen molar-refractivity contribution in [2.75, 3.05) is 31.6 Å². The molecule has 1 unspecified atom stereocenters. The Balaban J connectivity index is 2.27. The van der Waals surface area contributed by atoms with Crippen LogP contribution in [-0.4, -0.2) is 48.6 Å². The second-order valence-corrected chi connectivity index (χ2v) is 4.57. The fourth-order valence-electron chi connectivity index (χ4n) is 2.01. The van der Waals surface area contributed by atoms with Crippen LogP contribution in [0.5, 0.6) is 0 Å². The zero-order valence-corrected chi connectivity index (χ0v) is 10.7. The highest BCUT2D eigenvalue weighted by Gasteiger charge is 2.31. The van der Waals surface area contributed by atoms with E-state index in [4.69, 9.17) is 10.8 Å². The number of anilines is 1. The van der Waals surface area contributed by atoms with Crippen LogP contribution in [0.25, 0.3) is 0 Å². The maximum Gasteiger partial charge on any atom is 0.316 e.